The summed E-state index contributed by atoms with van der Waals surface area (Å²) in [7, 11) is 0. The Balaban J connectivity index is 1.85. The number of amides is 2. The lowest BCUT2D eigenvalue weighted by atomic mass is 9.98. The second-order valence-corrected chi connectivity index (χ2v) is 6.62. The van der Waals surface area contributed by atoms with Gasteiger partial charge in [-0.3, -0.25) is 9.59 Å². The summed E-state index contributed by atoms with van der Waals surface area (Å²) in [5.41, 5.74) is 1.79. The molecule has 5 rings (SSSR count). The lowest BCUT2D eigenvalue weighted by Gasteiger charge is -2.13. The maximum absolute atomic E-state index is 13.3. The molecule has 3 heterocycles. The number of nitrogens with one attached hydrogen (secondary N) is 1. The van der Waals surface area contributed by atoms with E-state index in [9.17, 15) is 14.4 Å². The van der Waals surface area contributed by atoms with Gasteiger partial charge in [-0.2, -0.15) is 0 Å². The molecule has 1 aliphatic heterocycles. The van der Waals surface area contributed by atoms with Crippen LogP contribution in [0, 0.1) is 0 Å². The van der Waals surface area contributed by atoms with Crippen LogP contribution >= 0.6 is 0 Å². The average molecular weight is 385 g/mol. The fourth-order valence-electron chi connectivity index (χ4n) is 3.80. The normalized spacial score (nSPS) is 13.3. The number of carbonyl (C=O) groups excluding carboxylic acids is 3. The Morgan fingerprint density at radius 3 is 2.55 bits per heavy atom. The Hall–Kier alpha value is -4.00. The molecular formula is C22H15N3O4. The molecule has 2 amide bonds. The van der Waals surface area contributed by atoms with Gasteiger partial charge in [0.05, 0.1) is 34.5 Å². The first-order valence-corrected chi connectivity index (χ1v) is 9.16. The zero-order chi connectivity index (χ0) is 20.1. The predicted octanol–water partition coefficient (Wildman–Crippen LogP) is 3.69. The standard InChI is InChI=1S/C22H15N3O4/c1-2-29-22(28)15-11-14-13-9-6-10-23-19(13)24-18(14)17-16(15)20(26)25(21(17)27)12-7-4-3-5-8-12/h3-11H,2H2,1H3,(H,23,24). The van der Waals surface area contributed by atoms with Crippen LogP contribution < -0.4 is 4.90 Å². The highest BCUT2D eigenvalue weighted by atomic mass is 16.5. The first kappa shape index (κ1) is 17.1. The summed E-state index contributed by atoms with van der Waals surface area (Å²) in [4.78, 5) is 47.8. The van der Waals surface area contributed by atoms with E-state index >= 15 is 0 Å². The van der Waals surface area contributed by atoms with E-state index in [0.717, 1.165) is 10.3 Å². The highest BCUT2D eigenvalue weighted by Crippen LogP contribution is 2.38. The molecule has 4 aromatic rings. The largest absolute Gasteiger partial charge is 0.462 e. The predicted molar refractivity (Wildman–Crippen MR) is 107 cm³/mol. The van der Waals surface area contributed by atoms with Crippen LogP contribution in [0.2, 0.25) is 0 Å². The van der Waals surface area contributed by atoms with Crippen LogP contribution in [0.25, 0.3) is 21.9 Å². The van der Waals surface area contributed by atoms with E-state index in [1.165, 1.54) is 0 Å². The Labute approximate surface area is 164 Å². The van der Waals surface area contributed by atoms with E-state index in [1.54, 1.807) is 55.6 Å². The number of rotatable bonds is 3. The number of carbonyl (C=O) groups is 3. The number of fused-ring (bicyclic) bond motifs is 5. The summed E-state index contributed by atoms with van der Waals surface area (Å²) in [5.74, 6) is -1.67. The van der Waals surface area contributed by atoms with Gasteiger partial charge in [0.25, 0.3) is 11.8 Å². The van der Waals surface area contributed by atoms with Gasteiger partial charge < -0.3 is 9.72 Å². The van der Waals surface area contributed by atoms with Crippen molar-refractivity contribution in [3.8, 4) is 0 Å². The third kappa shape index (κ3) is 2.37. The fourth-order valence-corrected chi connectivity index (χ4v) is 3.80. The molecule has 142 valence electrons. The van der Waals surface area contributed by atoms with Gasteiger partial charge in [-0.1, -0.05) is 18.2 Å². The number of imide groups is 1. The lowest BCUT2D eigenvalue weighted by Crippen LogP contribution is -2.29. The zero-order valence-electron chi connectivity index (χ0n) is 15.4. The molecule has 7 nitrogen and oxygen atoms in total. The quantitative estimate of drug-likeness (QED) is 0.429. The first-order chi connectivity index (χ1) is 14.1. The third-order valence-corrected chi connectivity index (χ3v) is 5.01. The van der Waals surface area contributed by atoms with Crippen molar-refractivity contribution in [2.75, 3.05) is 11.5 Å². The molecule has 0 atom stereocenters. The average Bonchev–Trinajstić information content (AvgIpc) is 3.23. The molecule has 1 aliphatic rings. The Bertz CT molecular complexity index is 1320. The highest BCUT2D eigenvalue weighted by Gasteiger charge is 2.42. The summed E-state index contributed by atoms with van der Waals surface area (Å²) in [6, 6.07) is 13.9. The van der Waals surface area contributed by atoms with Crippen molar-refractivity contribution in [2.24, 2.45) is 0 Å². The molecule has 7 heteroatoms. The van der Waals surface area contributed by atoms with Crippen molar-refractivity contribution in [3.05, 3.63) is 71.4 Å². The topological polar surface area (TPSA) is 92.4 Å². The monoisotopic (exact) mass is 385 g/mol. The second-order valence-electron chi connectivity index (χ2n) is 6.62. The first-order valence-electron chi connectivity index (χ1n) is 9.16. The van der Waals surface area contributed by atoms with E-state index < -0.39 is 17.8 Å². The zero-order valence-corrected chi connectivity index (χ0v) is 15.4. The number of ether oxygens (including phenoxy) is 1. The smallest absolute Gasteiger partial charge is 0.338 e. The van der Waals surface area contributed by atoms with E-state index in [0.29, 0.717) is 22.2 Å². The number of para-hydroxylation sites is 1. The van der Waals surface area contributed by atoms with Crippen LogP contribution in [0.1, 0.15) is 38.0 Å². The molecule has 0 aliphatic carbocycles. The number of benzene rings is 2. The fraction of sp³-hybridized carbons (Fsp3) is 0.0909. The van der Waals surface area contributed by atoms with Crippen molar-refractivity contribution in [1.82, 2.24) is 9.97 Å². The molecule has 0 radical (unpaired) electrons. The number of hydrogen-bond donors (Lipinski definition) is 1. The number of aromatic amines is 1. The van der Waals surface area contributed by atoms with Gasteiger partial charge in [0.2, 0.25) is 0 Å². The third-order valence-electron chi connectivity index (χ3n) is 5.01. The SMILES string of the molecule is CCOC(=O)c1cc2c([nH]c3ncccc32)c2c1C(=O)N(c1ccccc1)C2=O. The maximum Gasteiger partial charge on any atom is 0.338 e. The number of nitrogens with zero attached hydrogens (tertiary/aromatic N) is 2. The van der Waals surface area contributed by atoms with Gasteiger partial charge in [-0.05, 0) is 37.3 Å². The number of H-pyrrole nitrogens is 1. The number of aromatic nitrogens is 2. The number of hydrogen-bond acceptors (Lipinski definition) is 5. The van der Waals surface area contributed by atoms with Crippen molar-refractivity contribution in [1.29, 1.82) is 0 Å². The number of anilines is 1. The Morgan fingerprint density at radius 2 is 1.79 bits per heavy atom. The van der Waals surface area contributed by atoms with Gasteiger partial charge in [0.15, 0.2) is 0 Å². The molecular weight excluding hydrogens is 370 g/mol. The summed E-state index contributed by atoms with van der Waals surface area (Å²) >= 11 is 0. The Kier molecular flexibility index (Phi) is 3.70. The highest BCUT2D eigenvalue weighted by molar-refractivity contribution is 6.40. The van der Waals surface area contributed by atoms with E-state index in [1.807, 2.05) is 6.07 Å². The molecule has 0 spiro atoms. The Morgan fingerprint density at radius 1 is 1.03 bits per heavy atom. The van der Waals surface area contributed by atoms with E-state index in [-0.39, 0.29) is 23.3 Å². The minimum Gasteiger partial charge on any atom is -0.462 e. The molecule has 0 bridgehead atoms. The van der Waals surface area contributed by atoms with E-state index in [4.69, 9.17) is 4.74 Å². The van der Waals surface area contributed by atoms with Crippen LogP contribution in [-0.4, -0.2) is 34.4 Å². The van der Waals surface area contributed by atoms with Crippen LogP contribution in [0.3, 0.4) is 0 Å². The van der Waals surface area contributed by atoms with Crippen LogP contribution in [0.5, 0.6) is 0 Å². The van der Waals surface area contributed by atoms with Crippen LogP contribution in [-0.2, 0) is 4.74 Å². The summed E-state index contributed by atoms with van der Waals surface area (Å²) in [6.07, 6.45) is 1.63. The second kappa shape index (κ2) is 6.27. The molecule has 2 aromatic carbocycles. The van der Waals surface area contributed by atoms with Gasteiger partial charge in [-0.25, -0.2) is 14.7 Å². The number of esters is 1. The van der Waals surface area contributed by atoms with E-state index in [2.05, 4.69) is 9.97 Å². The summed E-state index contributed by atoms with van der Waals surface area (Å²) in [6.45, 7) is 1.85. The van der Waals surface area contributed by atoms with Gasteiger partial charge >= 0.3 is 5.97 Å². The number of pyridine rings is 1. The molecule has 0 unspecified atom stereocenters. The molecule has 2 aromatic heterocycles. The molecule has 29 heavy (non-hydrogen) atoms. The molecule has 1 N–H and O–H groups in total. The summed E-state index contributed by atoms with van der Waals surface area (Å²) in [5, 5.41) is 1.40. The minimum atomic E-state index is -0.639. The lowest BCUT2D eigenvalue weighted by molar-refractivity contribution is 0.0523. The molecule has 0 fully saturated rings. The van der Waals surface area contributed by atoms with Gasteiger partial charge in [0.1, 0.15) is 5.65 Å². The van der Waals surface area contributed by atoms with Gasteiger partial charge in [0, 0.05) is 17.0 Å². The maximum atomic E-state index is 13.3. The molecule has 0 saturated heterocycles. The van der Waals surface area contributed by atoms with Crippen molar-refractivity contribution in [2.45, 2.75) is 6.92 Å². The van der Waals surface area contributed by atoms with Crippen molar-refractivity contribution in [3.63, 3.8) is 0 Å². The van der Waals surface area contributed by atoms with Crippen LogP contribution in [0.4, 0.5) is 5.69 Å². The van der Waals surface area contributed by atoms with Crippen LogP contribution in [0.15, 0.2) is 54.7 Å². The summed E-state index contributed by atoms with van der Waals surface area (Å²) < 4.78 is 5.17. The molecule has 0 saturated carbocycles. The van der Waals surface area contributed by atoms with Crippen molar-refractivity contribution >= 4 is 45.4 Å². The van der Waals surface area contributed by atoms with Gasteiger partial charge in [-0.15, -0.1) is 0 Å². The minimum absolute atomic E-state index is 0.0522. The van der Waals surface area contributed by atoms with Crippen molar-refractivity contribution < 1.29 is 19.1 Å².